The number of benzene rings is 1. The first kappa shape index (κ1) is 18.7. The molecule has 0 fully saturated rings. The van der Waals surface area contributed by atoms with E-state index >= 15 is 0 Å². The molecule has 25 heavy (non-hydrogen) atoms. The van der Waals surface area contributed by atoms with E-state index in [4.69, 9.17) is 0 Å². The van der Waals surface area contributed by atoms with Crippen molar-refractivity contribution in [1.82, 2.24) is 9.88 Å². The first-order valence-corrected chi connectivity index (χ1v) is 8.64. The Balaban J connectivity index is 2.15. The van der Waals surface area contributed by atoms with Crippen LogP contribution in [-0.4, -0.2) is 21.8 Å². The van der Waals surface area contributed by atoms with E-state index in [1.165, 1.54) is 6.20 Å². The summed E-state index contributed by atoms with van der Waals surface area (Å²) < 4.78 is 0.854. The van der Waals surface area contributed by atoms with Crippen LogP contribution in [0.15, 0.2) is 64.9 Å². The molecule has 0 saturated heterocycles. The number of hydrogen-bond acceptors (Lipinski definition) is 4. The molecule has 0 aliphatic heterocycles. The van der Waals surface area contributed by atoms with E-state index in [-0.39, 0.29) is 17.5 Å². The van der Waals surface area contributed by atoms with E-state index in [1.54, 1.807) is 17.2 Å². The lowest BCUT2D eigenvalue weighted by Gasteiger charge is -2.26. The van der Waals surface area contributed by atoms with Crippen LogP contribution in [0.5, 0.6) is 0 Å². The van der Waals surface area contributed by atoms with Gasteiger partial charge in [-0.25, -0.2) is 4.98 Å². The highest BCUT2D eigenvalue weighted by atomic mass is 79.9. The number of nitriles is 1. The lowest BCUT2D eigenvalue weighted by Crippen LogP contribution is -2.37. The molecule has 6 heteroatoms. The Morgan fingerprint density at radius 3 is 2.60 bits per heavy atom. The lowest BCUT2D eigenvalue weighted by atomic mass is 10.1. The number of halogens is 1. The van der Waals surface area contributed by atoms with E-state index in [0.29, 0.717) is 12.4 Å². The molecule has 0 spiro atoms. The zero-order valence-corrected chi connectivity index (χ0v) is 15.7. The fourth-order valence-corrected chi connectivity index (χ4v) is 2.41. The Bertz CT molecular complexity index is 779. The molecule has 0 radical (unpaired) electrons. The summed E-state index contributed by atoms with van der Waals surface area (Å²) in [6.07, 6.45) is 3.04. The van der Waals surface area contributed by atoms with E-state index in [1.807, 2.05) is 56.3 Å². The molecule has 2 rings (SSSR count). The van der Waals surface area contributed by atoms with Crippen LogP contribution in [0.4, 0.5) is 5.82 Å². The average molecular weight is 399 g/mol. The van der Waals surface area contributed by atoms with Crippen molar-refractivity contribution in [2.24, 2.45) is 0 Å². The smallest absolute Gasteiger partial charge is 0.266 e. The third-order valence-corrected chi connectivity index (χ3v) is 3.99. The van der Waals surface area contributed by atoms with Crippen molar-refractivity contribution < 1.29 is 4.79 Å². The normalized spacial score (nSPS) is 11.1. The van der Waals surface area contributed by atoms with E-state index in [2.05, 4.69) is 26.2 Å². The highest BCUT2D eigenvalue weighted by Gasteiger charge is 2.21. The number of carbonyl (C=O) groups is 1. The molecule has 0 aliphatic carbocycles. The number of anilines is 1. The lowest BCUT2D eigenvalue weighted by molar-refractivity contribution is -0.129. The molecule has 1 aromatic carbocycles. The Kier molecular flexibility index (Phi) is 6.72. The maximum Gasteiger partial charge on any atom is 0.266 e. The molecule has 1 amide bonds. The van der Waals surface area contributed by atoms with Gasteiger partial charge in [-0.3, -0.25) is 4.79 Å². The number of rotatable bonds is 6. The SMILES string of the molecule is CC(C)N(Cc1ccccc1)C(=O)/C(C#N)=C\Nc1ccc(Br)cn1. The van der Waals surface area contributed by atoms with Crippen LogP contribution in [0.1, 0.15) is 19.4 Å². The van der Waals surface area contributed by atoms with Crippen LogP contribution in [0.25, 0.3) is 0 Å². The van der Waals surface area contributed by atoms with Crippen molar-refractivity contribution in [3.8, 4) is 6.07 Å². The molecule has 0 saturated carbocycles. The number of amides is 1. The van der Waals surface area contributed by atoms with Gasteiger partial charge in [0.1, 0.15) is 17.5 Å². The summed E-state index contributed by atoms with van der Waals surface area (Å²) in [7, 11) is 0. The quantitative estimate of drug-likeness (QED) is 0.587. The molecule has 0 bridgehead atoms. The van der Waals surface area contributed by atoms with Gasteiger partial charge in [0.25, 0.3) is 5.91 Å². The van der Waals surface area contributed by atoms with E-state index < -0.39 is 0 Å². The second-order valence-corrected chi connectivity index (χ2v) is 6.60. The maximum atomic E-state index is 12.8. The van der Waals surface area contributed by atoms with Crippen molar-refractivity contribution in [2.75, 3.05) is 5.32 Å². The van der Waals surface area contributed by atoms with Crippen LogP contribution in [0.3, 0.4) is 0 Å². The van der Waals surface area contributed by atoms with Crippen molar-refractivity contribution in [2.45, 2.75) is 26.4 Å². The molecule has 0 atom stereocenters. The number of hydrogen-bond donors (Lipinski definition) is 1. The van der Waals surface area contributed by atoms with Gasteiger partial charge >= 0.3 is 0 Å². The predicted octanol–water partition coefficient (Wildman–Crippen LogP) is 4.10. The number of nitrogens with one attached hydrogen (secondary N) is 1. The number of nitrogens with zero attached hydrogens (tertiary/aromatic N) is 3. The summed E-state index contributed by atoms with van der Waals surface area (Å²) in [5.74, 6) is 0.244. The largest absolute Gasteiger partial charge is 0.345 e. The number of aromatic nitrogens is 1. The summed E-state index contributed by atoms with van der Waals surface area (Å²) in [4.78, 5) is 18.6. The van der Waals surface area contributed by atoms with Crippen molar-refractivity contribution in [1.29, 1.82) is 5.26 Å². The summed E-state index contributed by atoms with van der Waals surface area (Å²) in [5.41, 5.74) is 1.05. The zero-order valence-electron chi connectivity index (χ0n) is 14.1. The van der Waals surface area contributed by atoms with Gasteiger partial charge in [-0.05, 0) is 47.5 Å². The third kappa shape index (κ3) is 5.44. The second kappa shape index (κ2) is 9.00. The van der Waals surface area contributed by atoms with Gasteiger partial charge in [-0.1, -0.05) is 30.3 Å². The van der Waals surface area contributed by atoms with Crippen molar-refractivity contribution in [3.63, 3.8) is 0 Å². The summed E-state index contributed by atoms with van der Waals surface area (Å²) in [6.45, 7) is 4.31. The first-order valence-electron chi connectivity index (χ1n) is 7.84. The maximum absolute atomic E-state index is 12.8. The second-order valence-electron chi connectivity index (χ2n) is 5.69. The van der Waals surface area contributed by atoms with Gasteiger partial charge in [0.15, 0.2) is 0 Å². The van der Waals surface area contributed by atoms with Gasteiger partial charge in [0, 0.05) is 29.5 Å². The van der Waals surface area contributed by atoms with Crippen LogP contribution in [0.2, 0.25) is 0 Å². The van der Waals surface area contributed by atoms with Gasteiger partial charge in [-0.15, -0.1) is 0 Å². The average Bonchev–Trinajstić information content (AvgIpc) is 2.62. The Hall–Kier alpha value is -2.65. The van der Waals surface area contributed by atoms with Crippen molar-refractivity contribution in [3.05, 3.63) is 70.5 Å². The minimum atomic E-state index is -0.314. The molecule has 1 aromatic heterocycles. The van der Waals surface area contributed by atoms with Crippen molar-refractivity contribution >= 4 is 27.7 Å². The fraction of sp³-hybridized carbons (Fsp3) is 0.211. The van der Waals surface area contributed by atoms with Gasteiger partial charge in [0.05, 0.1) is 0 Å². The number of carbonyl (C=O) groups excluding carboxylic acids is 1. The van der Waals surface area contributed by atoms with E-state index in [9.17, 15) is 10.1 Å². The molecule has 5 nitrogen and oxygen atoms in total. The third-order valence-electron chi connectivity index (χ3n) is 3.52. The monoisotopic (exact) mass is 398 g/mol. The van der Waals surface area contributed by atoms with Gasteiger partial charge in [-0.2, -0.15) is 5.26 Å². The topological polar surface area (TPSA) is 69.0 Å². The Labute approximate surface area is 156 Å². The first-order chi connectivity index (χ1) is 12.0. The molecule has 1 heterocycles. The van der Waals surface area contributed by atoms with Crippen LogP contribution >= 0.6 is 15.9 Å². The fourth-order valence-electron chi connectivity index (χ4n) is 2.17. The van der Waals surface area contributed by atoms with Crippen LogP contribution in [0, 0.1) is 11.3 Å². The summed E-state index contributed by atoms with van der Waals surface area (Å²) >= 11 is 3.31. The minimum Gasteiger partial charge on any atom is -0.345 e. The van der Waals surface area contributed by atoms with Gasteiger partial charge < -0.3 is 10.2 Å². The predicted molar refractivity (Wildman–Crippen MR) is 101 cm³/mol. The molecular formula is C19H19BrN4O. The molecule has 128 valence electrons. The molecule has 2 aromatic rings. The van der Waals surface area contributed by atoms with E-state index in [0.717, 1.165) is 10.0 Å². The Morgan fingerprint density at radius 1 is 1.32 bits per heavy atom. The minimum absolute atomic E-state index is 0.0322. The van der Waals surface area contributed by atoms with Crippen LogP contribution < -0.4 is 5.32 Å². The molecular weight excluding hydrogens is 380 g/mol. The molecule has 0 unspecified atom stereocenters. The molecule has 0 aliphatic rings. The van der Waals surface area contributed by atoms with Gasteiger partial charge in [0.2, 0.25) is 0 Å². The standard InChI is InChI=1S/C19H19BrN4O/c1-14(2)24(13-15-6-4-3-5-7-15)19(25)16(10-21)11-22-18-9-8-17(20)12-23-18/h3-9,11-12,14H,13H2,1-2H3,(H,22,23)/b16-11-. The zero-order chi connectivity index (χ0) is 18.2. The Morgan fingerprint density at radius 2 is 2.04 bits per heavy atom. The number of pyridine rings is 1. The highest BCUT2D eigenvalue weighted by molar-refractivity contribution is 9.10. The summed E-state index contributed by atoms with van der Waals surface area (Å²) in [6, 6.07) is 15.2. The highest BCUT2D eigenvalue weighted by Crippen LogP contribution is 2.14. The summed E-state index contributed by atoms with van der Waals surface area (Å²) in [5, 5.41) is 12.3. The molecule has 1 N–H and O–H groups in total. The van der Waals surface area contributed by atoms with Crippen LogP contribution in [-0.2, 0) is 11.3 Å².